The van der Waals surface area contributed by atoms with Crippen LogP contribution in [0.1, 0.15) is 97.8 Å². The van der Waals surface area contributed by atoms with Crippen molar-refractivity contribution >= 4 is 0 Å². The average molecular weight is 350 g/mol. The summed E-state index contributed by atoms with van der Waals surface area (Å²) in [5.41, 5.74) is 0. The minimum atomic E-state index is 0. The SMILES string of the molecule is CCCCCCCCCCCC[N+](C)(C)COC(C)CCC.[Cl-]. The Bertz CT molecular complexity index is 234. The Kier molecular flexibility index (Phi) is 18.9. The highest BCUT2D eigenvalue weighted by Crippen LogP contribution is 2.12. The molecule has 0 saturated carbocycles. The van der Waals surface area contributed by atoms with Crippen LogP contribution in [-0.2, 0) is 4.74 Å². The van der Waals surface area contributed by atoms with Crippen molar-refractivity contribution in [2.75, 3.05) is 27.4 Å². The van der Waals surface area contributed by atoms with Gasteiger partial charge >= 0.3 is 0 Å². The van der Waals surface area contributed by atoms with E-state index >= 15 is 0 Å². The fourth-order valence-electron chi connectivity index (χ4n) is 2.91. The van der Waals surface area contributed by atoms with E-state index in [-0.39, 0.29) is 12.4 Å². The van der Waals surface area contributed by atoms with Crippen LogP contribution in [0.2, 0.25) is 0 Å². The third-order valence-corrected chi connectivity index (χ3v) is 4.52. The number of unbranched alkanes of at least 4 members (excludes halogenated alkanes) is 9. The lowest BCUT2D eigenvalue weighted by Crippen LogP contribution is -3.00. The van der Waals surface area contributed by atoms with E-state index in [4.69, 9.17) is 4.74 Å². The maximum absolute atomic E-state index is 5.96. The van der Waals surface area contributed by atoms with Gasteiger partial charge in [0.1, 0.15) is 0 Å². The standard InChI is InChI=1S/C20H44NO.ClH/c1-6-8-9-10-11-12-13-14-15-16-18-21(4,5)19-22-20(3)17-7-2;/h20H,6-19H2,1-5H3;1H/q+1;/p-1. The van der Waals surface area contributed by atoms with E-state index in [1.165, 1.54) is 83.6 Å². The summed E-state index contributed by atoms with van der Waals surface area (Å²) in [6.07, 6.45) is 17.0. The van der Waals surface area contributed by atoms with E-state index in [1.807, 2.05) is 0 Å². The second kappa shape index (κ2) is 17.0. The molecule has 0 aromatic carbocycles. The lowest BCUT2D eigenvalue weighted by Gasteiger charge is -2.30. The molecular weight excluding hydrogens is 306 g/mol. The third-order valence-electron chi connectivity index (χ3n) is 4.52. The molecular formula is C20H44ClNO. The Morgan fingerprint density at radius 2 is 1.22 bits per heavy atom. The van der Waals surface area contributed by atoms with Crippen LogP contribution in [0.3, 0.4) is 0 Å². The van der Waals surface area contributed by atoms with Gasteiger partial charge in [0.15, 0.2) is 6.73 Å². The molecule has 3 heteroatoms. The molecule has 23 heavy (non-hydrogen) atoms. The largest absolute Gasteiger partial charge is 1.00 e. The fourth-order valence-corrected chi connectivity index (χ4v) is 2.91. The molecule has 0 radical (unpaired) electrons. The van der Waals surface area contributed by atoms with Crippen molar-refractivity contribution in [2.45, 2.75) is 104 Å². The van der Waals surface area contributed by atoms with Crippen LogP contribution in [0.15, 0.2) is 0 Å². The first-order valence-corrected chi connectivity index (χ1v) is 9.95. The first-order chi connectivity index (χ1) is 10.5. The minimum Gasteiger partial charge on any atom is -1.00 e. The highest BCUT2D eigenvalue weighted by molar-refractivity contribution is 4.48. The molecule has 0 heterocycles. The van der Waals surface area contributed by atoms with Gasteiger partial charge in [0.25, 0.3) is 0 Å². The molecule has 0 rings (SSSR count). The predicted molar refractivity (Wildman–Crippen MR) is 99.1 cm³/mol. The quantitative estimate of drug-likeness (QED) is 0.236. The van der Waals surface area contributed by atoms with Gasteiger partial charge in [-0.1, -0.05) is 71.6 Å². The van der Waals surface area contributed by atoms with Gasteiger partial charge in [0.05, 0.1) is 26.7 Å². The topological polar surface area (TPSA) is 9.23 Å². The zero-order chi connectivity index (χ0) is 16.7. The van der Waals surface area contributed by atoms with Crippen molar-refractivity contribution < 1.29 is 21.6 Å². The molecule has 0 fully saturated rings. The van der Waals surface area contributed by atoms with Crippen molar-refractivity contribution in [3.05, 3.63) is 0 Å². The number of ether oxygens (including phenoxy) is 1. The number of hydrogen-bond donors (Lipinski definition) is 0. The Morgan fingerprint density at radius 3 is 1.70 bits per heavy atom. The fraction of sp³-hybridized carbons (Fsp3) is 1.00. The highest BCUT2D eigenvalue weighted by Gasteiger charge is 2.16. The van der Waals surface area contributed by atoms with Crippen molar-refractivity contribution in [2.24, 2.45) is 0 Å². The molecule has 0 saturated heterocycles. The number of nitrogens with zero attached hydrogens (tertiary/aromatic N) is 1. The van der Waals surface area contributed by atoms with E-state index in [0.717, 1.165) is 11.2 Å². The predicted octanol–water partition coefficient (Wildman–Crippen LogP) is 3.15. The van der Waals surface area contributed by atoms with Gasteiger partial charge in [-0.25, -0.2) is 0 Å². The zero-order valence-corrected chi connectivity index (χ0v) is 17.5. The summed E-state index contributed by atoms with van der Waals surface area (Å²) in [6, 6.07) is 0. The summed E-state index contributed by atoms with van der Waals surface area (Å²) in [4.78, 5) is 0. The van der Waals surface area contributed by atoms with Crippen LogP contribution in [0.4, 0.5) is 0 Å². The van der Waals surface area contributed by atoms with E-state index in [0.29, 0.717) is 6.10 Å². The summed E-state index contributed by atoms with van der Waals surface area (Å²) in [7, 11) is 4.60. The smallest absolute Gasteiger partial charge is 0.183 e. The monoisotopic (exact) mass is 349 g/mol. The summed E-state index contributed by atoms with van der Waals surface area (Å²) >= 11 is 0. The maximum Gasteiger partial charge on any atom is 0.183 e. The van der Waals surface area contributed by atoms with Crippen LogP contribution < -0.4 is 12.4 Å². The Morgan fingerprint density at radius 1 is 0.739 bits per heavy atom. The highest BCUT2D eigenvalue weighted by atomic mass is 35.5. The van der Waals surface area contributed by atoms with Crippen LogP contribution in [0, 0.1) is 0 Å². The number of rotatable bonds is 16. The molecule has 2 nitrogen and oxygen atoms in total. The molecule has 0 aliphatic heterocycles. The molecule has 0 N–H and O–H groups in total. The number of hydrogen-bond acceptors (Lipinski definition) is 1. The van der Waals surface area contributed by atoms with E-state index in [2.05, 4.69) is 34.9 Å². The summed E-state index contributed by atoms with van der Waals surface area (Å²) in [5.74, 6) is 0. The molecule has 142 valence electrons. The van der Waals surface area contributed by atoms with Gasteiger partial charge in [0, 0.05) is 0 Å². The van der Waals surface area contributed by atoms with E-state index < -0.39 is 0 Å². The lowest BCUT2D eigenvalue weighted by molar-refractivity contribution is -0.910. The van der Waals surface area contributed by atoms with Gasteiger partial charge in [-0.2, -0.15) is 0 Å². The second-order valence-corrected chi connectivity index (χ2v) is 7.74. The molecule has 0 aromatic heterocycles. The van der Waals surface area contributed by atoms with Gasteiger partial charge in [0.2, 0.25) is 0 Å². The zero-order valence-electron chi connectivity index (χ0n) is 16.7. The van der Waals surface area contributed by atoms with Crippen molar-refractivity contribution in [1.82, 2.24) is 0 Å². The van der Waals surface area contributed by atoms with Gasteiger partial charge < -0.3 is 21.6 Å². The molecule has 0 aliphatic rings. The molecule has 0 bridgehead atoms. The molecule has 0 aliphatic carbocycles. The molecule has 0 spiro atoms. The van der Waals surface area contributed by atoms with Gasteiger partial charge in [-0.05, 0) is 26.2 Å². The van der Waals surface area contributed by atoms with Crippen molar-refractivity contribution in [1.29, 1.82) is 0 Å². The Balaban J connectivity index is 0. The Labute approximate surface area is 153 Å². The molecule has 0 aromatic rings. The van der Waals surface area contributed by atoms with Crippen molar-refractivity contribution in [3.8, 4) is 0 Å². The number of halogens is 1. The van der Waals surface area contributed by atoms with E-state index in [9.17, 15) is 0 Å². The molecule has 1 unspecified atom stereocenters. The van der Waals surface area contributed by atoms with Gasteiger partial charge in [-0.3, -0.25) is 0 Å². The number of quaternary nitrogens is 1. The summed E-state index contributed by atoms with van der Waals surface area (Å²) in [5, 5.41) is 0. The third kappa shape index (κ3) is 18.4. The van der Waals surface area contributed by atoms with Crippen LogP contribution in [-0.4, -0.2) is 38.0 Å². The first-order valence-electron chi connectivity index (χ1n) is 9.95. The van der Waals surface area contributed by atoms with Crippen LogP contribution >= 0.6 is 0 Å². The Hall–Kier alpha value is 0.210. The average Bonchev–Trinajstić information content (AvgIpc) is 2.47. The normalized spacial score (nSPS) is 12.9. The van der Waals surface area contributed by atoms with E-state index in [1.54, 1.807) is 0 Å². The lowest BCUT2D eigenvalue weighted by atomic mass is 10.1. The second-order valence-electron chi connectivity index (χ2n) is 7.74. The summed E-state index contributed by atoms with van der Waals surface area (Å²) < 4.78 is 6.97. The minimum absolute atomic E-state index is 0. The van der Waals surface area contributed by atoms with Gasteiger partial charge in [-0.15, -0.1) is 0 Å². The molecule has 1 atom stereocenters. The summed E-state index contributed by atoms with van der Waals surface area (Å²) in [6.45, 7) is 8.82. The van der Waals surface area contributed by atoms with Crippen molar-refractivity contribution in [3.63, 3.8) is 0 Å². The van der Waals surface area contributed by atoms with Crippen LogP contribution in [0.25, 0.3) is 0 Å². The first kappa shape index (κ1) is 25.5. The molecule has 0 amide bonds. The van der Waals surface area contributed by atoms with Crippen LogP contribution in [0.5, 0.6) is 0 Å². The maximum atomic E-state index is 5.96.